The van der Waals surface area contributed by atoms with Crippen LogP contribution in [0.5, 0.6) is 5.75 Å². The molecule has 4 aromatic rings. The zero-order valence-electron chi connectivity index (χ0n) is 26.5. The Balaban J connectivity index is 1.81. The molecule has 0 aliphatic heterocycles. The van der Waals surface area contributed by atoms with E-state index in [1.54, 1.807) is 30.3 Å². The molecule has 1 N–H and O–H groups in total. The van der Waals surface area contributed by atoms with Gasteiger partial charge in [-0.15, -0.1) is 0 Å². The third-order valence-electron chi connectivity index (χ3n) is 7.76. The summed E-state index contributed by atoms with van der Waals surface area (Å²) in [6.07, 6.45) is 0.876. The molecule has 242 valence electrons. The maximum atomic E-state index is 14.5. The van der Waals surface area contributed by atoms with Crippen molar-refractivity contribution >= 4 is 27.5 Å². The summed E-state index contributed by atoms with van der Waals surface area (Å²) in [5.41, 5.74) is 2.50. The Morgan fingerprint density at radius 2 is 1.54 bits per heavy atom. The van der Waals surface area contributed by atoms with Crippen molar-refractivity contribution < 1.29 is 27.1 Å². The number of aryl methyl sites for hydroxylation is 1. The van der Waals surface area contributed by atoms with Crippen LogP contribution in [-0.4, -0.2) is 50.9 Å². The SMILES string of the molecule is CC[C@H](C)NC(=O)[C@@H](Cc1ccccc1)N(Cc1cccc(OC)c1)C(=O)CN(c1ccc(F)cc1)S(=O)(=O)c1ccc(C)cc1. The maximum Gasteiger partial charge on any atom is 0.264 e. The second-order valence-electron chi connectivity index (χ2n) is 11.2. The van der Waals surface area contributed by atoms with E-state index in [2.05, 4.69) is 5.32 Å². The first kappa shape index (κ1) is 34.2. The predicted molar refractivity (Wildman–Crippen MR) is 177 cm³/mol. The van der Waals surface area contributed by atoms with Crippen molar-refractivity contribution in [2.24, 2.45) is 0 Å². The van der Waals surface area contributed by atoms with Gasteiger partial charge in [-0.1, -0.05) is 67.1 Å². The molecule has 46 heavy (non-hydrogen) atoms. The molecule has 0 spiro atoms. The number of benzene rings is 4. The van der Waals surface area contributed by atoms with Crippen LogP contribution in [0.1, 0.15) is 37.0 Å². The molecule has 10 heteroatoms. The molecule has 8 nitrogen and oxygen atoms in total. The highest BCUT2D eigenvalue weighted by molar-refractivity contribution is 7.92. The average molecular weight is 646 g/mol. The van der Waals surface area contributed by atoms with E-state index >= 15 is 0 Å². The number of hydrogen-bond acceptors (Lipinski definition) is 5. The van der Waals surface area contributed by atoms with Crippen LogP contribution < -0.4 is 14.4 Å². The number of sulfonamides is 1. The summed E-state index contributed by atoms with van der Waals surface area (Å²) < 4.78 is 48.5. The summed E-state index contributed by atoms with van der Waals surface area (Å²) >= 11 is 0. The van der Waals surface area contributed by atoms with Crippen LogP contribution in [0, 0.1) is 12.7 Å². The Morgan fingerprint density at radius 1 is 0.891 bits per heavy atom. The quantitative estimate of drug-likeness (QED) is 0.185. The number of anilines is 1. The van der Waals surface area contributed by atoms with Crippen molar-refractivity contribution in [2.45, 2.75) is 57.1 Å². The second kappa shape index (κ2) is 15.5. The molecule has 0 radical (unpaired) electrons. The molecule has 0 heterocycles. The van der Waals surface area contributed by atoms with Crippen LogP contribution in [0.15, 0.2) is 108 Å². The van der Waals surface area contributed by atoms with Crippen molar-refractivity contribution in [3.05, 3.63) is 126 Å². The van der Waals surface area contributed by atoms with Crippen molar-refractivity contribution in [3.63, 3.8) is 0 Å². The summed E-state index contributed by atoms with van der Waals surface area (Å²) in [6, 6.07) is 26.6. The highest BCUT2D eigenvalue weighted by atomic mass is 32.2. The van der Waals surface area contributed by atoms with Gasteiger partial charge >= 0.3 is 0 Å². The molecule has 0 saturated carbocycles. The minimum absolute atomic E-state index is 0.00327. The van der Waals surface area contributed by atoms with Gasteiger partial charge in [0, 0.05) is 19.0 Å². The first-order chi connectivity index (χ1) is 22.0. The topological polar surface area (TPSA) is 96.0 Å². The van der Waals surface area contributed by atoms with Gasteiger partial charge in [0.1, 0.15) is 24.2 Å². The Bertz CT molecular complexity index is 1720. The highest BCUT2D eigenvalue weighted by Crippen LogP contribution is 2.26. The molecule has 4 rings (SSSR count). The summed E-state index contributed by atoms with van der Waals surface area (Å²) in [5, 5.41) is 3.02. The molecule has 0 unspecified atom stereocenters. The number of nitrogens with zero attached hydrogens (tertiary/aromatic N) is 2. The molecule has 2 atom stereocenters. The Hall–Kier alpha value is -4.70. The van der Waals surface area contributed by atoms with E-state index in [0.717, 1.165) is 27.6 Å². The number of rotatable bonds is 14. The largest absolute Gasteiger partial charge is 0.497 e. The maximum absolute atomic E-state index is 14.5. The zero-order valence-corrected chi connectivity index (χ0v) is 27.3. The molecular weight excluding hydrogens is 605 g/mol. The number of nitrogens with one attached hydrogen (secondary N) is 1. The third-order valence-corrected chi connectivity index (χ3v) is 9.55. The lowest BCUT2D eigenvalue weighted by atomic mass is 10.0. The normalized spacial score (nSPS) is 12.5. The van der Waals surface area contributed by atoms with Crippen molar-refractivity contribution in [1.29, 1.82) is 0 Å². The van der Waals surface area contributed by atoms with Gasteiger partial charge in [-0.25, -0.2) is 12.8 Å². The molecule has 0 saturated heterocycles. The molecule has 0 aliphatic rings. The fourth-order valence-corrected chi connectivity index (χ4v) is 6.35. The van der Waals surface area contributed by atoms with E-state index in [1.165, 1.54) is 36.3 Å². The van der Waals surface area contributed by atoms with Gasteiger partial charge in [0.15, 0.2) is 0 Å². The van der Waals surface area contributed by atoms with Crippen LogP contribution in [0.3, 0.4) is 0 Å². The van der Waals surface area contributed by atoms with Crippen LogP contribution in [-0.2, 0) is 32.6 Å². The first-order valence-electron chi connectivity index (χ1n) is 15.1. The second-order valence-corrected chi connectivity index (χ2v) is 13.1. The summed E-state index contributed by atoms with van der Waals surface area (Å²) in [6.45, 7) is 5.05. The van der Waals surface area contributed by atoms with E-state index in [9.17, 15) is 22.4 Å². The van der Waals surface area contributed by atoms with Crippen molar-refractivity contribution in [3.8, 4) is 5.75 Å². The molecule has 0 aliphatic carbocycles. The van der Waals surface area contributed by atoms with Gasteiger partial charge in [0.2, 0.25) is 11.8 Å². The van der Waals surface area contributed by atoms with E-state index in [-0.39, 0.29) is 35.5 Å². The summed E-state index contributed by atoms with van der Waals surface area (Å²) in [5.74, 6) is -0.942. The van der Waals surface area contributed by atoms with Crippen LogP contribution in [0.2, 0.25) is 0 Å². The van der Waals surface area contributed by atoms with Crippen LogP contribution in [0.25, 0.3) is 0 Å². The van der Waals surface area contributed by atoms with E-state index < -0.39 is 34.3 Å². The van der Waals surface area contributed by atoms with Gasteiger partial charge in [0.05, 0.1) is 17.7 Å². The fraction of sp³-hybridized carbons (Fsp3) is 0.278. The minimum Gasteiger partial charge on any atom is -0.497 e. The van der Waals surface area contributed by atoms with Gasteiger partial charge in [-0.2, -0.15) is 0 Å². The first-order valence-corrected chi connectivity index (χ1v) is 16.6. The number of ether oxygens (including phenoxy) is 1. The standard InChI is InChI=1S/C36H40FN3O5S/c1-5-27(3)38-36(42)34(23-28-10-7-6-8-11-28)39(24-29-12-9-13-32(22-29)45-4)35(41)25-40(31-18-16-30(37)17-19-31)46(43,44)33-20-14-26(2)15-21-33/h6-22,27,34H,5,23-25H2,1-4H3,(H,38,42)/t27-,34+/m0/s1. The van der Waals surface area contributed by atoms with Crippen molar-refractivity contribution in [2.75, 3.05) is 18.0 Å². The third kappa shape index (κ3) is 8.72. The lowest BCUT2D eigenvalue weighted by Crippen LogP contribution is -2.54. The number of amides is 2. The highest BCUT2D eigenvalue weighted by Gasteiger charge is 2.35. The van der Waals surface area contributed by atoms with Crippen LogP contribution in [0.4, 0.5) is 10.1 Å². The van der Waals surface area contributed by atoms with Gasteiger partial charge in [-0.05, 0) is 79.9 Å². The van der Waals surface area contributed by atoms with E-state index in [4.69, 9.17) is 4.74 Å². The lowest BCUT2D eigenvalue weighted by Gasteiger charge is -2.34. The summed E-state index contributed by atoms with van der Waals surface area (Å²) in [7, 11) is -2.74. The van der Waals surface area contributed by atoms with Crippen molar-refractivity contribution in [1.82, 2.24) is 10.2 Å². The number of carbonyl (C=O) groups is 2. The lowest BCUT2D eigenvalue weighted by molar-refractivity contribution is -0.140. The molecule has 0 fully saturated rings. The molecule has 0 bridgehead atoms. The monoisotopic (exact) mass is 645 g/mol. The van der Waals surface area contributed by atoms with Gasteiger partial charge < -0.3 is 15.0 Å². The Morgan fingerprint density at radius 3 is 2.17 bits per heavy atom. The zero-order chi connectivity index (χ0) is 33.3. The predicted octanol–water partition coefficient (Wildman–Crippen LogP) is 5.89. The number of methoxy groups -OCH3 is 1. The Labute approximate surface area is 270 Å². The molecule has 0 aromatic heterocycles. The van der Waals surface area contributed by atoms with E-state index in [1.807, 2.05) is 57.2 Å². The fourth-order valence-electron chi connectivity index (χ4n) is 4.94. The molecule has 4 aromatic carbocycles. The smallest absolute Gasteiger partial charge is 0.264 e. The number of carbonyl (C=O) groups excluding carboxylic acids is 2. The number of halogens is 1. The number of hydrogen-bond donors (Lipinski definition) is 1. The average Bonchev–Trinajstić information content (AvgIpc) is 3.06. The Kier molecular flexibility index (Phi) is 11.5. The van der Waals surface area contributed by atoms with Gasteiger partial charge in [0.25, 0.3) is 10.0 Å². The molecular formula is C36H40FN3O5S. The molecule has 2 amide bonds. The minimum atomic E-state index is -4.28. The van der Waals surface area contributed by atoms with E-state index in [0.29, 0.717) is 17.7 Å². The van der Waals surface area contributed by atoms with Gasteiger partial charge in [-0.3, -0.25) is 13.9 Å². The summed E-state index contributed by atoms with van der Waals surface area (Å²) in [4.78, 5) is 29.8. The van der Waals surface area contributed by atoms with Crippen LogP contribution >= 0.6 is 0 Å².